The maximum Gasteiger partial charge on any atom is 0.269 e. The Labute approximate surface area is 87.1 Å². The van der Waals surface area contributed by atoms with Crippen molar-refractivity contribution < 1.29 is 4.92 Å². The largest absolute Gasteiger partial charge is 0.293 e. The van der Waals surface area contributed by atoms with E-state index >= 15 is 0 Å². The molecule has 0 spiro atoms. The van der Waals surface area contributed by atoms with Gasteiger partial charge in [-0.1, -0.05) is 6.08 Å². The molecule has 0 fully saturated rings. The maximum atomic E-state index is 10.5. The number of hydrogen-bond donors (Lipinski definition) is 0. The van der Waals surface area contributed by atoms with Crippen molar-refractivity contribution in [3.63, 3.8) is 0 Å². The molecule has 0 aliphatic carbocycles. The van der Waals surface area contributed by atoms with Crippen LogP contribution in [0.3, 0.4) is 0 Å². The van der Waals surface area contributed by atoms with Gasteiger partial charge in [0.2, 0.25) is 0 Å². The lowest BCUT2D eigenvalue weighted by Gasteiger charge is -2.07. The Bertz CT molecular complexity index is 432. The molecule has 4 heteroatoms. The van der Waals surface area contributed by atoms with Gasteiger partial charge in [0.1, 0.15) is 0 Å². The van der Waals surface area contributed by atoms with Gasteiger partial charge >= 0.3 is 0 Å². The van der Waals surface area contributed by atoms with Crippen LogP contribution in [0.1, 0.15) is 12.0 Å². The number of nitro groups is 1. The van der Waals surface area contributed by atoms with Gasteiger partial charge in [0.05, 0.1) is 11.5 Å². The predicted octanol–water partition coefficient (Wildman–Crippen LogP) is 2.45. The summed E-state index contributed by atoms with van der Waals surface area (Å²) in [5.74, 6) is 0. The third-order valence-corrected chi connectivity index (χ3v) is 2.33. The summed E-state index contributed by atoms with van der Waals surface area (Å²) in [6.45, 7) is 0.701. The topological polar surface area (TPSA) is 55.5 Å². The van der Waals surface area contributed by atoms with Gasteiger partial charge in [-0.3, -0.25) is 15.1 Å². The van der Waals surface area contributed by atoms with Crippen LogP contribution < -0.4 is 0 Å². The number of nitrogens with zero attached hydrogens (tertiary/aromatic N) is 2. The van der Waals surface area contributed by atoms with Gasteiger partial charge in [0, 0.05) is 24.8 Å². The first-order chi connectivity index (χ1) is 7.27. The second kappa shape index (κ2) is 4.04. The van der Waals surface area contributed by atoms with Crippen LogP contribution in [0.15, 0.2) is 35.3 Å². The fraction of sp³-hybridized carbons (Fsp3) is 0.182. The second-order valence-electron chi connectivity index (χ2n) is 3.29. The van der Waals surface area contributed by atoms with Gasteiger partial charge in [-0.25, -0.2) is 0 Å². The molecule has 0 saturated heterocycles. The SMILES string of the molecule is O=[N+]([O-])c1ccc(C2=CCN=CC2)cc1. The van der Waals surface area contributed by atoms with E-state index in [4.69, 9.17) is 0 Å². The Hall–Kier alpha value is -1.97. The van der Waals surface area contributed by atoms with Crippen molar-refractivity contribution in [2.75, 3.05) is 6.54 Å². The molecular formula is C11H10N2O2. The molecule has 0 aromatic heterocycles. The highest BCUT2D eigenvalue weighted by atomic mass is 16.6. The third-order valence-electron chi connectivity index (χ3n) is 2.33. The summed E-state index contributed by atoms with van der Waals surface area (Å²) in [7, 11) is 0. The Kier molecular flexibility index (Phi) is 2.58. The number of dihydropyridines is 1. The van der Waals surface area contributed by atoms with E-state index in [1.165, 1.54) is 17.7 Å². The van der Waals surface area contributed by atoms with Gasteiger partial charge in [-0.15, -0.1) is 0 Å². The highest BCUT2D eigenvalue weighted by Gasteiger charge is 2.07. The molecule has 0 saturated carbocycles. The molecule has 1 aromatic rings. The van der Waals surface area contributed by atoms with Crippen molar-refractivity contribution in [1.29, 1.82) is 0 Å². The van der Waals surface area contributed by atoms with Crippen LogP contribution in [0.5, 0.6) is 0 Å². The van der Waals surface area contributed by atoms with E-state index in [0.717, 1.165) is 12.0 Å². The number of hydrogen-bond acceptors (Lipinski definition) is 3. The summed E-state index contributed by atoms with van der Waals surface area (Å²) in [5, 5.41) is 10.5. The van der Waals surface area contributed by atoms with Crippen LogP contribution in [-0.2, 0) is 0 Å². The minimum Gasteiger partial charge on any atom is -0.293 e. The lowest BCUT2D eigenvalue weighted by Crippen LogP contribution is -1.94. The van der Waals surface area contributed by atoms with Gasteiger partial charge in [0.15, 0.2) is 0 Å². The highest BCUT2D eigenvalue weighted by Crippen LogP contribution is 2.21. The molecule has 1 heterocycles. The van der Waals surface area contributed by atoms with Crippen LogP contribution >= 0.6 is 0 Å². The molecule has 4 nitrogen and oxygen atoms in total. The molecule has 0 N–H and O–H groups in total. The Morgan fingerprint density at radius 1 is 1.27 bits per heavy atom. The molecule has 1 aliphatic rings. The maximum absolute atomic E-state index is 10.5. The highest BCUT2D eigenvalue weighted by molar-refractivity contribution is 5.81. The summed E-state index contributed by atoms with van der Waals surface area (Å²) < 4.78 is 0. The van der Waals surface area contributed by atoms with Crippen LogP contribution in [0.4, 0.5) is 5.69 Å². The van der Waals surface area contributed by atoms with Gasteiger partial charge in [-0.05, 0) is 23.3 Å². The second-order valence-corrected chi connectivity index (χ2v) is 3.29. The number of non-ortho nitro benzene ring substituents is 1. The van der Waals surface area contributed by atoms with Crippen LogP contribution in [0, 0.1) is 10.1 Å². The van der Waals surface area contributed by atoms with Crippen molar-refractivity contribution in [1.82, 2.24) is 0 Å². The number of aliphatic imine (C=N–C) groups is 1. The number of nitro benzene ring substituents is 1. The van der Waals surface area contributed by atoms with E-state index in [-0.39, 0.29) is 10.6 Å². The van der Waals surface area contributed by atoms with Crippen molar-refractivity contribution in [2.24, 2.45) is 4.99 Å². The van der Waals surface area contributed by atoms with Gasteiger partial charge in [-0.2, -0.15) is 0 Å². The van der Waals surface area contributed by atoms with Crippen LogP contribution in [0.2, 0.25) is 0 Å². The molecule has 76 valence electrons. The predicted molar refractivity (Wildman–Crippen MR) is 59.0 cm³/mol. The summed E-state index contributed by atoms with van der Waals surface area (Å²) in [6, 6.07) is 6.62. The zero-order valence-electron chi connectivity index (χ0n) is 8.09. The Balaban J connectivity index is 2.23. The van der Waals surface area contributed by atoms with Crippen molar-refractivity contribution in [3.05, 3.63) is 46.0 Å². The van der Waals surface area contributed by atoms with Crippen molar-refractivity contribution in [3.8, 4) is 0 Å². The molecule has 15 heavy (non-hydrogen) atoms. The number of benzene rings is 1. The van der Waals surface area contributed by atoms with Gasteiger partial charge in [0.25, 0.3) is 5.69 Å². The molecular weight excluding hydrogens is 192 g/mol. The van der Waals surface area contributed by atoms with Crippen molar-refractivity contribution >= 4 is 17.5 Å². The Morgan fingerprint density at radius 2 is 2.00 bits per heavy atom. The average molecular weight is 202 g/mol. The zero-order valence-corrected chi connectivity index (χ0v) is 8.09. The van der Waals surface area contributed by atoms with E-state index in [1.807, 2.05) is 12.3 Å². The summed E-state index contributed by atoms with van der Waals surface area (Å²) in [4.78, 5) is 14.2. The molecule has 0 radical (unpaired) electrons. The molecule has 1 aliphatic heterocycles. The van der Waals surface area contributed by atoms with Crippen LogP contribution in [-0.4, -0.2) is 17.7 Å². The standard InChI is InChI=1S/C11H10N2O2/c14-13(15)11-3-1-9(2-4-11)10-5-7-12-8-6-10/h1-5,8H,6-7H2. The quantitative estimate of drug-likeness (QED) is 0.546. The van der Waals surface area contributed by atoms with E-state index in [1.54, 1.807) is 12.1 Å². The zero-order chi connectivity index (χ0) is 10.7. The number of rotatable bonds is 2. The van der Waals surface area contributed by atoms with E-state index in [0.29, 0.717) is 6.54 Å². The Morgan fingerprint density at radius 3 is 2.53 bits per heavy atom. The lowest BCUT2D eigenvalue weighted by atomic mass is 10.0. The fourth-order valence-electron chi connectivity index (χ4n) is 1.52. The third kappa shape index (κ3) is 2.10. The minimum absolute atomic E-state index is 0.129. The first kappa shape index (κ1) is 9.58. The van der Waals surface area contributed by atoms with Crippen molar-refractivity contribution in [2.45, 2.75) is 6.42 Å². The number of allylic oxidation sites excluding steroid dienone is 1. The monoisotopic (exact) mass is 202 g/mol. The van der Waals surface area contributed by atoms with E-state index in [2.05, 4.69) is 4.99 Å². The molecule has 0 unspecified atom stereocenters. The first-order valence-corrected chi connectivity index (χ1v) is 4.69. The minimum atomic E-state index is -0.388. The average Bonchev–Trinajstić information content (AvgIpc) is 2.30. The summed E-state index contributed by atoms with van der Waals surface area (Å²) in [5.41, 5.74) is 2.34. The lowest BCUT2D eigenvalue weighted by molar-refractivity contribution is -0.384. The normalized spacial score (nSPS) is 14.8. The molecule has 0 bridgehead atoms. The fourth-order valence-corrected chi connectivity index (χ4v) is 1.52. The smallest absolute Gasteiger partial charge is 0.269 e. The molecule has 1 aromatic carbocycles. The molecule has 2 rings (SSSR count). The van der Waals surface area contributed by atoms with E-state index < -0.39 is 0 Å². The molecule has 0 atom stereocenters. The first-order valence-electron chi connectivity index (χ1n) is 4.69. The summed E-state index contributed by atoms with van der Waals surface area (Å²) >= 11 is 0. The van der Waals surface area contributed by atoms with Crippen LogP contribution in [0.25, 0.3) is 5.57 Å². The van der Waals surface area contributed by atoms with Gasteiger partial charge < -0.3 is 0 Å². The summed E-state index contributed by atoms with van der Waals surface area (Å²) in [6.07, 6.45) is 4.72. The molecule has 0 amide bonds. The van der Waals surface area contributed by atoms with E-state index in [9.17, 15) is 10.1 Å².